The molecule has 2 atom stereocenters. The van der Waals surface area contributed by atoms with E-state index in [0.717, 1.165) is 60.7 Å². The molecule has 1 saturated carbocycles. The lowest BCUT2D eigenvalue weighted by Crippen LogP contribution is -2.54. The van der Waals surface area contributed by atoms with E-state index in [0.29, 0.717) is 25.2 Å². The smallest absolute Gasteiger partial charge is 0.243 e. The number of carbonyl (C=O) groups is 2. The molecule has 2 aromatic heterocycles. The van der Waals surface area contributed by atoms with Gasteiger partial charge in [-0.15, -0.1) is 0 Å². The number of rotatable bonds is 3. The van der Waals surface area contributed by atoms with Crippen LogP contribution in [0.25, 0.3) is 10.9 Å². The summed E-state index contributed by atoms with van der Waals surface area (Å²) in [6.07, 6.45) is 9.82. The largest absolute Gasteiger partial charge is 0.330 e. The molecule has 0 radical (unpaired) electrons. The second kappa shape index (κ2) is 9.21. The van der Waals surface area contributed by atoms with Gasteiger partial charge in [-0.25, -0.2) is 4.98 Å². The molecule has 7 heteroatoms. The molecule has 41 heavy (non-hydrogen) atoms. The number of hydrogen-bond donors (Lipinski definition) is 2. The normalized spacial score (nSPS) is 24.6. The van der Waals surface area contributed by atoms with Crippen LogP contribution >= 0.6 is 0 Å². The molecule has 2 amide bonds. The lowest BCUT2D eigenvalue weighted by atomic mass is 9.79. The van der Waals surface area contributed by atoms with Crippen molar-refractivity contribution in [1.82, 2.24) is 20.2 Å². The molecule has 4 heterocycles. The van der Waals surface area contributed by atoms with Gasteiger partial charge < -0.3 is 15.5 Å². The van der Waals surface area contributed by atoms with Crippen molar-refractivity contribution < 1.29 is 9.59 Å². The van der Waals surface area contributed by atoms with Crippen LogP contribution in [0.2, 0.25) is 0 Å². The van der Waals surface area contributed by atoms with E-state index in [-0.39, 0.29) is 17.9 Å². The van der Waals surface area contributed by atoms with Gasteiger partial charge in [0.2, 0.25) is 11.8 Å². The Labute approximate surface area is 239 Å². The van der Waals surface area contributed by atoms with Crippen LogP contribution in [0.1, 0.15) is 66.0 Å². The highest BCUT2D eigenvalue weighted by atomic mass is 16.2. The molecule has 0 unspecified atom stereocenters. The molecular formula is C34H33N5O2. The summed E-state index contributed by atoms with van der Waals surface area (Å²) >= 11 is 0. The third-order valence-electron chi connectivity index (χ3n) is 9.96. The van der Waals surface area contributed by atoms with Crippen molar-refractivity contribution in [1.29, 1.82) is 0 Å². The third-order valence-corrected chi connectivity index (χ3v) is 9.96. The van der Waals surface area contributed by atoms with E-state index in [2.05, 4.69) is 63.0 Å². The quantitative estimate of drug-likeness (QED) is 0.380. The minimum absolute atomic E-state index is 0.0151. The standard InChI is InChI=1S/C34H33N5O2/c40-31-33(27-9-6-13-35-30(27)38-31)18-25-16-24-15-22(20-36-28(24)17-26(25)19-33)21-39-29(23-7-2-1-3-8-23)10-14-37-34(32(39)41)11-4-5-12-34/h1-3,6-9,13,15-17,20,29,37H,4-5,10-12,14,18-19,21H2,(H,35,38,40)/t29-,33-/m0/s1. The van der Waals surface area contributed by atoms with Crippen molar-refractivity contribution in [3.63, 3.8) is 0 Å². The van der Waals surface area contributed by atoms with Crippen molar-refractivity contribution in [3.8, 4) is 0 Å². The first-order chi connectivity index (χ1) is 20.0. The Bertz CT molecular complexity index is 1700. The van der Waals surface area contributed by atoms with E-state index in [1.807, 2.05) is 24.4 Å². The number of anilines is 1. The predicted molar refractivity (Wildman–Crippen MR) is 157 cm³/mol. The highest BCUT2D eigenvalue weighted by molar-refractivity contribution is 6.06. The number of pyridine rings is 2. The van der Waals surface area contributed by atoms with E-state index >= 15 is 0 Å². The zero-order valence-electron chi connectivity index (χ0n) is 23.0. The maximum Gasteiger partial charge on any atom is 0.243 e. The molecule has 4 aromatic rings. The third kappa shape index (κ3) is 3.82. The van der Waals surface area contributed by atoms with Crippen LogP contribution in [0.5, 0.6) is 0 Å². The Hall–Kier alpha value is -4.10. The summed E-state index contributed by atoms with van der Waals surface area (Å²) < 4.78 is 0. The van der Waals surface area contributed by atoms with Crippen LogP contribution in [0.3, 0.4) is 0 Å². The molecule has 8 rings (SSSR count). The average molecular weight is 544 g/mol. The summed E-state index contributed by atoms with van der Waals surface area (Å²) in [6, 6.07) is 20.9. The first kappa shape index (κ1) is 24.7. The van der Waals surface area contributed by atoms with E-state index in [9.17, 15) is 9.59 Å². The zero-order valence-corrected chi connectivity index (χ0v) is 23.0. The Balaban J connectivity index is 1.14. The Morgan fingerprint density at radius 2 is 1.73 bits per heavy atom. The number of fused-ring (bicyclic) bond motifs is 4. The molecular weight excluding hydrogens is 510 g/mol. The van der Waals surface area contributed by atoms with Crippen molar-refractivity contribution in [2.75, 3.05) is 11.9 Å². The summed E-state index contributed by atoms with van der Waals surface area (Å²) in [7, 11) is 0. The van der Waals surface area contributed by atoms with Gasteiger partial charge in [0, 0.05) is 29.9 Å². The highest BCUT2D eigenvalue weighted by Crippen LogP contribution is 2.47. The summed E-state index contributed by atoms with van der Waals surface area (Å²) in [6.45, 7) is 1.35. The molecule has 2 aliphatic heterocycles. The number of nitrogens with one attached hydrogen (secondary N) is 2. The van der Waals surface area contributed by atoms with Crippen molar-refractivity contribution in [2.45, 2.75) is 68.5 Å². The van der Waals surface area contributed by atoms with Crippen molar-refractivity contribution >= 4 is 28.5 Å². The molecule has 2 fully saturated rings. The van der Waals surface area contributed by atoms with Crippen LogP contribution in [0, 0.1) is 0 Å². The fourth-order valence-electron chi connectivity index (χ4n) is 7.90. The monoisotopic (exact) mass is 543 g/mol. The number of hydrogen-bond acceptors (Lipinski definition) is 5. The minimum Gasteiger partial charge on any atom is -0.330 e. The highest BCUT2D eigenvalue weighted by Gasteiger charge is 2.51. The average Bonchev–Trinajstić information content (AvgIpc) is 3.67. The van der Waals surface area contributed by atoms with E-state index in [4.69, 9.17) is 4.98 Å². The van der Waals surface area contributed by atoms with E-state index < -0.39 is 11.0 Å². The second-order valence-electron chi connectivity index (χ2n) is 12.3. The summed E-state index contributed by atoms with van der Waals surface area (Å²) in [4.78, 5) is 38.8. The fraction of sp³-hybridized carbons (Fsp3) is 0.353. The molecule has 7 nitrogen and oxygen atoms in total. The maximum atomic E-state index is 14.2. The Kier molecular flexibility index (Phi) is 5.54. The molecule has 1 saturated heterocycles. The van der Waals surface area contributed by atoms with Gasteiger partial charge in [-0.1, -0.05) is 49.2 Å². The van der Waals surface area contributed by atoms with E-state index in [1.165, 1.54) is 16.7 Å². The maximum absolute atomic E-state index is 14.2. The van der Waals surface area contributed by atoms with Crippen LogP contribution in [0.15, 0.2) is 73.1 Å². The van der Waals surface area contributed by atoms with Gasteiger partial charge in [-0.2, -0.15) is 0 Å². The first-order valence-electron chi connectivity index (χ1n) is 14.8. The summed E-state index contributed by atoms with van der Waals surface area (Å²) in [5.41, 5.74) is 5.43. The molecule has 2 aromatic carbocycles. The number of nitrogens with zero attached hydrogens (tertiary/aromatic N) is 3. The fourth-order valence-corrected chi connectivity index (χ4v) is 7.90. The number of aromatic nitrogens is 2. The summed E-state index contributed by atoms with van der Waals surface area (Å²) in [5, 5.41) is 7.72. The van der Waals surface area contributed by atoms with Crippen LogP contribution < -0.4 is 10.6 Å². The van der Waals surface area contributed by atoms with Crippen LogP contribution in [-0.2, 0) is 34.4 Å². The van der Waals surface area contributed by atoms with Crippen LogP contribution in [-0.4, -0.2) is 38.8 Å². The number of amides is 2. The van der Waals surface area contributed by atoms with E-state index in [1.54, 1.807) is 6.20 Å². The van der Waals surface area contributed by atoms with Gasteiger partial charge in [0.05, 0.1) is 22.5 Å². The number of carbonyl (C=O) groups excluding carboxylic acids is 2. The van der Waals surface area contributed by atoms with Gasteiger partial charge in [0.1, 0.15) is 5.82 Å². The molecule has 0 bridgehead atoms. The molecule has 2 aliphatic carbocycles. The molecule has 2 spiro atoms. The van der Waals surface area contributed by atoms with Gasteiger partial charge in [0.25, 0.3) is 0 Å². The predicted octanol–water partition coefficient (Wildman–Crippen LogP) is 4.99. The van der Waals surface area contributed by atoms with Gasteiger partial charge in [0.15, 0.2) is 0 Å². The molecule has 2 N–H and O–H groups in total. The zero-order chi connectivity index (χ0) is 27.6. The number of benzene rings is 2. The van der Waals surface area contributed by atoms with Crippen molar-refractivity contribution in [3.05, 3.63) is 101 Å². The van der Waals surface area contributed by atoms with Gasteiger partial charge >= 0.3 is 0 Å². The lowest BCUT2D eigenvalue weighted by Gasteiger charge is -2.36. The minimum atomic E-state index is -0.601. The summed E-state index contributed by atoms with van der Waals surface area (Å²) in [5.74, 6) is 0.929. The Morgan fingerprint density at radius 1 is 0.927 bits per heavy atom. The Morgan fingerprint density at radius 3 is 2.56 bits per heavy atom. The van der Waals surface area contributed by atoms with Crippen LogP contribution in [0.4, 0.5) is 5.82 Å². The SMILES string of the molecule is O=C1N(Cc2cnc3cc4c(cc3c2)C[C@@]2(C4)C(=O)Nc3ncccc32)[C@H](c2ccccc2)CCNC12CCCC2. The first-order valence-corrected chi connectivity index (χ1v) is 14.8. The second-order valence-corrected chi connectivity index (χ2v) is 12.3. The lowest BCUT2D eigenvalue weighted by molar-refractivity contribution is -0.140. The van der Waals surface area contributed by atoms with Gasteiger partial charge in [-0.05, 0) is 85.2 Å². The van der Waals surface area contributed by atoms with Crippen molar-refractivity contribution in [2.24, 2.45) is 0 Å². The molecule has 4 aliphatic rings. The topological polar surface area (TPSA) is 87.2 Å². The molecule has 206 valence electrons. The van der Waals surface area contributed by atoms with Gasteiger partial charge in [-0.3, -0.25) is 14.6 Å².